The number of nitrogens with two attached hydrogens (primary N) is 1. The van der Waals surface area contributed by atoms with Crippen molar-refractivity contribution in [2.75, 3.05) is 13.2 Å². The highest BCUT2D eigenvalue weighted by Crippen LogP contribution is 2.15. The number of nitrogens with one attached hydrogen (secondary N) is 1. The van der Waals surface area contributed by atoms with Crippen LogP contribution in [0.25, 0.3) is 0 Å². The van der Waals surface area contributed by atoms with Gasteiger partial charge in [-0.3, -0.25) is 4.98 Å². The number of carbonyl (C=O) groups is 1. The Hall–Kier alpha value is -1.14. The van der Waals surface area contributed by atoms with Crippen LogP contribution >= 0.6 is 11.3 Å². The molecule has 1 rings (SSSR count). The summed E-state index contributed by atoms with van der Waals surface area (Å²) >= 11 is 1.59. The Morgan fingerprint density at radius 1 is 1.86 bits per heavy atom. The molecule has 1 atom stereocenters. The third-order valence-electron chi connectivity index (χ3n) is 1.68. The van der Waals surface area contributed by atoms with E-state index in [0.29, 0.717) is 13.2 Å². The van der Waals surface area contributed by atoms with Crippen LogP contribution in [0.2, 0.25) is 0 Å². The first-order valence-electron chi connectivity index (χ1n) is 4.24. The maximum absolute atomic E-state index is 10.2. The molecule has 1 amide bonds. The molecule has 5 nitrogen and oxygen atoms in total. The van der Waals surface area contributed by atoms with E-state index in [9.17, 15) is 4.79 Å². The molecule has 0 saturated carbocycles. The van der Waals surface area contributed by atoms with E-state index in [-0.39, 0.29) is 6.04 Å². The van der Waals surface area contributed by atoms with Crippen molar-refractivity contribution in [3.05, 3.63) is 16.6 Å². The average molecular weight is 215 g/mol. The summed E-state index contributed by atoms with van der Waals surface area (Å²) in [5.74, 6) is 0. The quantitative estimate of drug-likeness (QED) is 0.715. The van der Waals surface area contributed by atoms with Gasteiger partial charge < -0.3 is 15.8 Å². The third kappa shape index (κ3) is 3.71. The Kier molecular flexibility index (Phi) is 4.34. The van der Waals surface area contributed by atoms with E-state index in [1.54, 1.807) is 16.8 Å². The SMILES string of the molecule is CC(NCCOC(N)=O)c1cncs1. The van der Waals surface area contributed by atoms with Gasteiger partial charge in [0.25, 0.3) is 0 Å². The molecule has 0 saturated heterocycles. The van der Waals surface area contributed by atoms with E-state index in [0.717, 1.165) is 4.88 Å². The summed E-state index contributed by atoms with van der Waals surface area (Å²) < 4.78 is 4.57. The number of aromatic nitrogens is 1. The van der Waals surface area contributed by atoms with Gasteiger partial charge >= 0.3 is 6.09 Å². The van der Waals surface area contributed by atoms with Gasteiger partial charge in [-0.25, -0.2) is 4.79 Å². The molecule has 1 aromatic heterocycles. The summed E-state index contributed by atoms with van der Waals surface area (Å²) in [7, 11) is 0. The Bertz CT molecular complexity index is 276. The molecule has 6 heteroatoms. The van der Waals surface area contributed by atoms with E-state index >= 15 is 0 Å². The number of hydrogen-bond donors (Lipinski definition) is 2. The second kappa shape index (κ2) is 5.56. The summed E-state index contributed by atoms with van der Waals surface area (Å²) in [4.78, 5) is 15.4. The first-order valence-corrected chi connectivity index (χ1v) is 5.12. The largest absolute Gasteiger partial charge is 0.448 e. The minimum Gasteiger partial charge on any atom is -0.448 e. The molecule has 1 unspecified atom stereocenters. The minimum atomic E-state index is -0.739. The van der Waals surface area contributed by atoms with Crippen molar-refractivity contribution < 1.29 is 9.53 Å². The second-order valence-electron chi connectivity index (χ2n) is 2.75. The van der Waals surface area contributed by atoms with Crippen LogP contribution in [-0.4, -0.2) is 24.2 Å². The van der Waals surface area contributed by atoms with E-state index in [1.165, 1.54) is 0 Å². The predicted octanol–water partition coefficient (Wildman–Crippen LogP) is 0.889. The first-order chi connectivity index (χ1) is 6.70. The summed E-state index contributed by atoms with van der Waals surface area (Å²) in [5, 5.41) is 3.18. The Morgan fingerprint density at radius 3 is 3.21 bits per heavy atom. The van der Waals surface area contributed by atoms with Crippen molar-refractivity contribution in [3.8, 4) is 0 Å². The molecule has 0 bridgehead atoms. The van der Waals surface area contributed by atoms with Gasteiger partial charge in [0, 0.05) is 23.7 Å². The van der Waals surface area contributed by atoms with Gasteiger partial charge in [0.1, 0.15) is 6.61 Å². The molecule has 0 aliphatic heterocycles. The molecule has 0 aliphatic rings. The minimum absolute atomic E-state index is 0.221. The molecule has 1 aromatic rings. The summed E-state index contributed by atoms with van der Waals surface area (Å²) in [5.41, 5.74) is 6.59. The highest BCUT2D eigenvalue weighted by atomic mass is 32.1. The smallest absolute Gasteiger partial charge is 0.404 e. The predicted molar refractivity (Wildman–Crippen MR) is 54.1 cm³/mol. The number of ether oxygens (including phenoxy) is 1. The van der Waals surface area contributed by atoms with Crippen molar-refractivity contribution in [1.29, 1.82) is 0 Å². The molecule has 0 aromatic carbocycles. The van der Waals surface area contributed by atoms with Gasteiger partial charge in [-0.05, 0) is 6.92 Å². The van der Waals surface area contributed by atoms with Crippen LogP contribution in [0.3, 0.4) is 0 Å². The fourth-order valence-electron chi connectivity index (χ4n) is 0.967. The molecule has 14 heavy (non-hydrogen) atoms. The Morgan fingerprint density at radius 2 is 2.64 bits per heavy atom. The fourth-order valence-corrected chi connectivity index (χ4v) is 1.62. The van der Waals surface area contributed by atoms with E-state index in [2.05, 4.69) is 15.0 Å². The van der Waals surface area contributed by atoms with Crippen molar-refractivity contribution in [3.63, 3.8) is 0 Å². The van der Waals surface area contributed by atoms with Crippen LogP contribution in [0.4, 0.5) is 4.79 Å². The molecule has 1 heterocycles. The number of amides is 1. The number of hydrogen-bond acceptors (Lipinski definition) is 5. The van der Waals surface area contributed by atoms with Crippen LogP contribution in [0.1, 0.15) is 17.8 Å². The van der Waals surface area contributed by atoms with Gasteiger partial charge in [-0.15, -0.1) is 11.3 Å². The van der Waals surface area contributed by atoms with Crippen LogP contribution in [0.15, 0.2) is 11.7 Å². The van der Waals surface area contributed by atoms with Crippen molar-refractivity contribution in [2.24, 2.45) is 5.73 Å². The van der Waals surface area contributed by atoms with Gasteiger partial charge in [-0.2, -0.15) is 0 Å². The highest BCUT2D eigenvalue weighted by molar-refractivity contribution is 7.09. The number of primary amides is 1. The van der Waals surface area contributed by atoms with Gasteiger partial charge in [0.05, 0.1) is 5.51 Å². The monoisotopic (exact) mass is 215 g/mol. The lowest BCUT2D eigenvalue weighted by molar-refractivity contribution is 0.156. The van der Waals surface area contributed by atoms with Gasteiger partial charge in [0.15, 0.2) is 0 Å². The lowest BCUT2D eigenvalue weighted by Crippen LogP contribution is -2.25. The molecular formula is C8H13N3O2S. The van der Waals surface area contributed by atoms with Crippen molar-refractivity contribution in [1.82, 2.24) is 10.3 Å². The van der Waals surface area contributed by atoms with E-state index in [1.807, 2.05) is 13.1 Å². The van der Waals surface area contributed by atoms with Crippen LogP contribution < -0.4 is 11.1 Å². The zero-order chi connectivity index (χ0) is 10.4. The molecule has 0 aliphatic carbocycles. The molecule has 0 radical (unpaired) electrons. The highest BCUT2D eigenvalue weighted by Gasteiger charge is 2.05. The topological polar surface area (TPSA) is 77.2 Å². The number of rotatable bonds is 5. The standard InChI is InChI=1S/C8H13N3O2S/c1-6(7-4-10-5-14-7)11-2-3-13-8(9)12/h4-6,11H,2-3H2,1H3,(H2,9,12). The lowest BCUT2D eigenvalue weighted by Gasteiger charge is -2.10. The van der Waals surface area contributed by atoms with Crippen LogP contribution in [0.5, 0.6) is 0 Å². The summed E-state index contributed by atoms with van der Waals surface area (Å²) in [6.45, 7) is 2.90. The summed E-state index contributed by atoms with van der Waals surface area (Å²) in [6.07, 6.45) is 1.08. The molecule has 0 spiro atoms. The van der Waals surface area contributed by atoms with Gasteiger partial charge in [0.2, 0.25) is 0 Å². The first kappa shape index (κ1) is 10.9. The normalized spacial score (nSPS) is 12.4. The third-order valence-corrected chi connectivity index (χ3v) is 2.63. The van der Waals surface area contributed by atoms with Crippen LogP contribution in [0, 0.1) is 0 Å². The molecule has 0 fully saturated rings. The Balaban J connectivity index is 2.16. The molecular weight excluding hydrogens is 202 g/mol. The number of carbonyl (C=O) groups excluding carboxylic acids is 1. The Labute approximate surface area is 86.3 Å². The lowest BCUT2D eigenvalue weighted by atomic mass is 10.3. The fraction of sp³-hybridized carbons (Fsp3) is 0.500. The maximum atomic E-state index is 10.2. The molecule has 78 valence electrons. The van der Waals surface area contributed by atoms with E-state index < -0.39 is 6.09 Å². The maximum Gasteiger partial charge on any atom is 0.404 e. The average Bonchev–Trinajstić information content (AvgIpc) is 2.64. The zero-order valence-electron chi connectivity index (χ0n) is 7.90. The van der Waals surface area contributed by atoms with Crippen LogP contribution in [-0.2, 0) is 4.74 Å². The summed E-state index contributed by atoms with van der Waals surface area (Å²) in [6, 6.07) is 0.221. The zero-order valence-corrected chi connectivity index (χ0v) is 8.71. The molecule has 3 N–H and O–H groups in total. The number of thiazole rings is 1. The van der Waals surface area contributed by atoms with Gasteiger partial charge in [-0.1, -0.05) is 0 Å². The number of nitrogens with zero attached hydrogens (tertiary/aromatic N) is 1. The van der Waals surface area contributed by atoms with Crippen molar-refractivity contribution >= 4 is 17.4 Å². The van der Waals surface area contributed by atoms with Crippen molar-refractivity contribution in [2.45, 2.75) is 13.0 Å². The van der Waals surface area contributed by atoms with E-state index in [4.69, 9.17) is 5.73 Å². The second-order valence-corrected chi connectivity index (χ2v) is 3.67.